The molecule has 1 aliphatic rings. The van der Waals surface area contributed by atoms with Crippen LogP contribution in [-0.4, -0.2) is 28.7 Å². The molecule has 0 aliphatic carbocycles. The minimum absolute atomic E-state index is 0.0292. The molecule has 0 amide bonds. The molecule has 7 heteroatoms. The van der Waals surface area contributed by atoms with Crippen molar-refractivity contribution >= 4 is 27.3 Å². The molecular formula is C10H12BrN3O3. The van der Waals surface area contributed by atoms with Crippen molar-refractivity contribution in [2.75, 3.05) is 11.9 Å². The predicted molar refractivity (Wildman–Crippen MR) is 66.0 cm³/mol. The Morgan fingerprint density at radius 2 is 2.41 bits per heavy atom. The van der Waals surface area contributed by atoms with E-state index in [9.17, 15) is 10.1 Å². The number of aromatic nitrogens is 1. The van der Waals surface area contributed by atoms with Crippen LogP contribution in [-0.2, 0) is 4.74 Å². The smallest absolute Gasteiger partial charge is 0.311 e. The number of hydrogen-bond donors (Lipinski definition) is 1. The zero-order valence-electron chi connectivity index (χ0n) is 9.22. The highest BCUT2D eigenvalue weighted by Crippen LogP contribution is 2.33. The maximum atomic E-state index is 10.9. The van der Waals surface area contributed by atoms with E-state index in [1.807, 2.05) is 6.92 Å². The van der Waals surface area contributed by atoms with E-state index in [0.29, 0.717) is 16.8 Å². The third kappa shape index (κ3) is 2.55. The van der Waals surface area contributed by atoms with Gasteiger partial charge in [0.15, 0.2) is 0 Å². The SMILES string of the molecule is CC1OCCC1Nc1c(Br)cncc1[N+](=O)[O-]. The first-order valence-corrected chi connectivity index (χ1v) is 6.05. The Bertz CT molecular complexity index is 441. The van der Waals surface area contributed by atoms with Gasteiger partial charge in [-0.25, -0.2) is 0 Å². The van der Waals surface area contributed by atoms with Crippen molar-refractivity contribution in [3.8, 4) is 0 Å². The van der Waals surface area contributed by atoms with E-state index < -0.39 is 4.92 Å². The van der Waals surface area contributed by atoms with Crippen LogP contribution >= 0.6 is 15.9 Å². The Morgan fingerprint density at radius 1 is 1.65 bits per heavy atom. The molecule has 92 valence electrons. The molecule has 0 bridgehead atoms. The molecule has 17 heavy (non-hydrogen) atoms. The van der Waals surface area contributed by atoms with Crippen molar-refractivity contribution in [3.05, 3.63) is 27.0 Å². The predicted octanol–water partition coefficient (Wildman–Crippen LogP) is 2.34. The van der Waals surface area contributed by atoms with E-state index >= 15 is 0 Å². The summed E-state index contributed by atoms with van der Waals surface area (Å²) in [5.74, 6) is 0. The second-order valence-electron chi connectivity index (χ2n) is 3.89. The Labute approximate surface area is 107 Å². The number of pyridine rings is 1. The van der Waals surface area contributed by atoms with E-state index in [2.05, 4.69) is 26.2 Å². The summed E-state index contributed by atoms with van der Waals surface area (Å²) in [5, 5.41) is 14.1. The third-order valence-corrected chi connectivity index (χ3v) is 3.38. The summed E-state index contributed by atoms with van der Waals surface area (Å²) in [6.45, 7) is 2.63. The van der Waals surface area contributed by atoms with Crippen LogP contribution in [0.1, 0.15) is 13.3 Å². The van der Waals surface area contributed by atoms with Crippen molar-refractivity contribution in [3.63, 3.8) is 0 Å². The minimum atomic E-state index is -0.444. The summed E-state index contributed by atoms with van der Waals surface area (Å²) < 4.78 is 6.00. The van der Waals surface area contributed by atoms with Crippen LogP contribution in [0.15, 0.2) is 16.9 Å². The van der Waals surface area contributed by atoms with E-state index in [-0.39, 0.29) is 17.8 Å². The highest BCUT2D eigenvalue weighted by Gasteiger charge is 2.27. The molecule has 0 spiro atoms. The lowest BCUT2D eigenvalue weighted by molar-refractivity contribution is -0.384. The summed E-state index contributed by atoms with van der Waals surface area (Å²) in [5.41, 5.74) is 0.436. The second kappa shape index (κ2) is 4.97. The largest absolute Gasteiger partial charge is 0.376 e. The lowest BCUT2D eigenvalue weighted by atomic mass is 10.1. The highest BCUT2D eigenvalue weighted by atomic mass is 79.9. The molecular weight excluding hydrogens is 290 g/mol. The molecule has 1 aromatic rings. The maximum Gasteiger partial charge on any atom is 0.311 e. The number of hydrogen-bond acceptors (Lipinski definition) is 5. The van der Waals surface area contributed by atoms with Crippen LogP contribution in [0.2, 0.25) is 0 Å². The fourth-order valence-corrected chi connectivity index (χ4v) is 2.25. The Balaban J connectivity index is 2.27. The zero-order valence-corrected chi connectivity index (χ0v) is 10.8. The molecule has 2 heterocycles. The standard InChI is InChI=1S/C10H12BrN3O3/c1-6-8(2-3-17-6)13-10-7(11)4-12-5-9(10)14(15)16/h4-6,8H,2-3H2,1H3,(H,12,13). The van der Waals surface area contributed by atoms with Gasteiger partial charge in [0.25, 0.3) is 0 Å². The number of nitrogens with zero attached hydrogens (tertiary/aromatic N) is 2. The Kier molecular flexibility index (Phi) is 3.58. The zero-order chi connectivity index (χ0) is 12.4. The van der Waals surface area contributed by atoms with Gasteiger partial charge in [-0.05, 0) is 29.3 Å². The molecule has 1 N–H and O–H groups in total. The van der Waals surface area contributed by atoms with Crippen LogP contribution in [0, 0.1) is 10.1 Å². The van der Waals surface area contributed by atoms with E-state index in [0.717, 1.165) is 6.42 Å². The fourth-order valence-electron chi connectivity index (χ4n) is 1.81. The molecule has 1 fully saturated rings. The summed E-state index contributed by atoms with van der Waals surface area (Å²) in [7, 11) is 0. The van der Waals surface area contributed by atoms with Gasteiger partial charge in [0.05, 0.1) is 21.5 Å². The van der Waals surface area contributed by atoms with E-state index in [1.165, 1.54) is 12.4 Å². The lowest BCUT2D eigenvalue weighted by Gasteiger charge is -2.17. The monoisotopic (exact) mass is 301 g/mol. The number of halogens is 1. The van der Waals surface area contributed by atoms with Crippen molar-refractivity contribution < 1.29 is 9.66 Å². The van der Waals surface area contributed by atoms with Crippen molar-refractivity contribution in [1.29, 1.82) is 0 Å². The van der Waals surface area contributed by atoms with Crippen molar-refractivity contribution in [2.45, 2.75) is 25.5 Å². The van der Waals surface area contributed by atoms with Crippen molar-refractivity contribution in [1.82, 2.24) is 4.98 Å². The lowest BCUT2D eigenvalue weighted by Crippen LogP contribution is -2.27. The minimum Gasteiger partial charge on any atom is -0.376 e. The Morgan fingerprint density at radius 3 is 3.00 bits per heavy atom. The first kappa shape index (κ1) is 12.3. The number of rotatable bonds is 3. The fraction of sp³-hybridized carbons (Fsp3) is 0.500. The van der Waals surface area contributed by atoms with Crippen LogP contribution in [0.5, 0.6) is 0 Å². The van der Waals surface area contributed by atoms with Gasteiger partial charge in [-0.15, -0.1) is 0 Å². The molecule has 1 aromatic heterocycles. The molecule has 0 aromatic carbocycles. The number of anilines is 1. The average molecular weight is 302 g/mol. The molecule has 2 rings (SSSR count). The molecule has 0 radical (unpaired) electrons. The van der Waals surface area contributed by atoms with Gasteiger partial charge in [0.2, 0.25) is 0 Å². The molecule has 6 nitrogen and oxygen atoms in total. The number of nitrogens with one attached hydrogen (secondary N) is 1. The molecule has 2 atom stereocenters. The van der Waals surface area contributed by atoms with Gasteiger partial charge < -0.3 is 10.1 Å². The van der Waals surface area contributed by atoms with E-state index in [1.54, 1.807) is 0 Å². The van der Waals surface area contributed by atoms with Crippen LogP contribution < -0.4 is 5.32 Å². The number of nitro groups is 1. The van der Waals surface area contributed by atoms with Crippen molar-refractivity contribution in [2.24, 2.45) is 0 Å². The van der Waals surface area contributed by atoms with Crippen LogP contribution in [0.4, 0.5) is 11.4 Å². The van der Waals surface area contributed by atoms with Gasteiger partial charge in [0, 0.05) is 12.8 Å². The maximum absolute atomic E-state index is 10.9. The topological polar surface area (TPSA) is 77.3 Å². The Hall–Kier alpha value is -1.21. The first-order chi connectivity index (χ1) is 8.09. The van der Waals surface area contributed by atoms with E-state index in [4.69, 9.17) is 4.74 Å². The van der Waals surface area contributed by atoms with Gasteiger partial charge in [-0.1, -0.05) is 0 Å². The summed E-state index contributed by atoms with van der Waals surface area (Å²) in [6.07, 6.45) is 3.67. The summed E-state index contributed by atoms with van der Waals surface area (Å²) in [6, 6.07) is 0.0902. The quantitative estimate of drug-likeness (QED) is 0.685. The average Bonchev–Trinajstić information content (AvgIpc) is 2.67. The number of ether oxygens (including phenoxy) is 1. The molecule has 0 saturated carbocycles. The molecule has 2 unspecified atom stereocenters. The van der Waals surface area contributed by atoms with Gasteiger partial charge in [-0.2, -0.15) is 0 Å². The third-order valence-electron chi connectivity index (χ3n) is 2.78. The summed E-state index contributed by atoms with van der Waals surface area (Å²) >= 11 is 3.27. The normalized spacial score (nSPS) is 23.6. The molecule has 1 aliphatic heterocycles. The van der Waals surface area contributed by atoms with Gasteiger partial charge in [-0.3, -0.25) is 15.1 Å². The highest BCUT2D eigenvalue weighted by molar-refractivity contribution is 9.10. The van der Waals surface area contributed by atoms with Crippen LogP contribution in [0.3, 0.4) is 0 Å². The first-order valence-electron chi connectivity index (χ1n) is 5.25. The second-order valence-corrected chi connectivity index (χ2v) is 4.74. The van der Waals surface area contributed by atoms with Crippen LogP contribution in [0.25, 0.3) is 0 Å². The summed E-state index contributed by atoms with van der Waals surface area (Å²) in [4.78, 5) is 14.3. The van der Waals surface area contributed by atoms with Gasteiger partial charge >= 0.3 is 5.69 Å². The van der Waals surface area contributed by atoms with Gasteiger partial charge in [0.1, 0.15) is 11.9 Å². The molecule has 1 saturated heterocycles.